The number of pyridine rings is 1. The van der Waals surface area contributed by atoms with E-state index >= 15 is 0 Å². The number of hydrogen-bond acceptors (Lipinski definition) is 2. The van der Waals surface area contributed by atoms with Crippen molar-refractivity contribution in [3.8, 4) is 0 Å². The highest BCUT2D eigenvalue weighted by Gasteiger charge is 2.32. The van der Waals surface area contributed by atoms with Gasteiger partial charge in [-0.05, 0) is 37.4 Å². The maximum absolute atomic E-state index is 4.64. The minimum atomic E-state index is 0.115. The van der Waals surface area contributed by atoms with Crippen molar-refractivity contribution < 1.29 is 0 Å². The van der Waals surface area contributed by atoms with Crippen molar-refractivity contribution in [3.05, 3.63) is 42.1 Å². The number of fused-ring (bicyclic) bond motifs is 1. The Hall–Kier alpha value is -1.41. The number of benzene rings is 1. The van der Waals surface area contributed by atoms with Crippen LogP contribution in [-0.2, 0) is 5.54 Å². The van der Waals surface area contributed by atoms with Crippen LogP contribution in [0.25, 0.3) is 10.9 Å². The molecule has 1 aromatic heterocycles. The first-order valence-corrected chi connectivity index (χ1v) is 7.45. The molecule has 100 valence electrons. The first kappa shape index (κ1) is 12.6. The lowest BCUT2D eigenvalue weighted by Crippen LogP contribution is -2.41. The van der Waals surface area contributed by atoms with Gasteiger partial charge < -0.3 is 5.32 Å². The van der Waals surface area contributed by atoms with Crippen LogP contribution in [-0.4, -0.2) is 11.5 Å². The Morgan fingerprint density at radius 3 is 2.95 bits per heavy atom. The van der Waals surface area contributed by atoms with Crippen LogP contribution in [0.3, 0.4) is 0 Å². The molecule has 1 saturated heterocycles. The predicted molar refractivity (Wildman–Crippen MR) is 80.2 cm³/mol. The lowest BCUT2D eigenvalue weighted by molar-refractivity contribution is 0.315. The number of hydrogen-bond donors (Lipinski definition) is 1. The van der Waals surface area contributed by atoms with Gasteiger partial charge in [-0.15, -0.1) is 0 Å². The van der Waals surface area contributed by atoms with Crippen molar-refractivity contribution in [2.75, 3.05) is 6.54 Å². The summed E-state index contributed by atoms with van der Waals surface area (Å²) < 4.78 is 0. The average Bonchev–Trinajstić information content (AvgIpc) is 2.73. The Labute approximate surface area is 115 Å². The number of rotatable bonds is 2. The second-order valence-electron chi connectivity index (χ2n) is 5.55. The molecule has 1 N–H and O–H groups in total. The van der Waals surface area contributed by atoms with E-state index in [4.69, 9.17) is 0 Å². The van der Waals surface area contributed by atoms with Crippen LogP contribution in [0.15, 0.2) is 36.5 Å². The van der Waals surface area contributed by atoms with Crippen LogP contribution >= 0.6 is 0 Å². The molecule has 1 aliphatic rings. The molecule has 2 nitrogen and oxygen atoms in total. The van der Waals surface area contributed by atoms with Gasteiger partial charge in [0.25, 0.3) is 0 Å². The van der Waals surface area contributed by atoms with E-state index in [0.717, 1.165) is 13.0 Å². The lowest BCUT2D eigenvalue weighted by atomic mass is 9.82. The van der Waals surface area contributed by atoms with Gasteiger partial charge in [-0.3, -0.25) is 4.98 Å². The van der Waals surface area contributed by atoms with Crippen LogP contribution in [0.5, 0.6) is 0 Å². The molecule has 1 atom stereocenters. The summed E-state index contributed by atoms with van der Waals surface area (Å²) in [5.41, 5.74) is 2.67. The Morgan fingerprint density at radius 2 is 2.05 bits per heavy atom. The third-order valence-electron chi connectivity index (χ3n) is 4.50. The van der Waals surface area contributed by atoms with Crippen LogP contribution < -0.4 is 5.32 Å². The average molecular weight is 254 g/mol. The van der Waals surface area contributed by atoms with E-state index in [1.807, 2.05) is 12.3 Å². The smallest absolute Gasteiger partial charge is 0.0752 e. The summed E-state index contributed by atoms with van der Waals surface area (Å²) in [5, 5.41) is 5.06. The normalized spacial score (nSPS) is 24.3. The summed E-state index contributed by atoms with van der Waals surface area (Å²) >= 11 is 0. The van der Waals surface area contributed by atoms with Gasteiger partial charge in [0.05, 0.1) is 5.52 Å². The van der Waals surface area contributed by atoms with Crippen molar-refractivity contribution in [1.29, 1.82) is 0 Å². The maximum Gasteiger partial charge on any atom is 0.0752 e. The van der Waals surface area contributed by atoms with E-state index in [2.05, 4.69) is 41.5 Å². The van der Waals surface area contributed by atoms with Gasteiger partial charge in [-0.2, -0.15) is 0 Å². The van der Waals surface area contributed by atoms with Gasteiger partial charge in [-0.25, -0.2) is 0 Å². The summed E-state index contributed by atoms with van der Waals surface area (Å²) in [6, 6.07) is 10.8. The summed E-state index contributed by atoms with van der Waals surface area (Å²) in [4.78, 5) is 4.64. The molecule has 19 heavy (non-hydrogen) atoms. The second-order valence-corrected chi connectivity index (χ2v) is 5.55. The molecule has 2 heteroatoms. The Kier molecular flexibility index (Phi) is 3.52. The molecule has 3 rings (SSSR count). The number of aromatic nitrogens is 1. The third kappa shape index (κ3) is 2.25. The SMILES string of the molecule is CCC1(c2cccc3cccnc23)CCCCCN1. The number of para-hydroxylation sites is 1. The zero-order valence-corrected chi connectivity index (χ0v) is 11.7. The van der Waals surface area contributed by atoms with E-state index in [9.17, 15) is 0 Å². The molecule has 1 fully saturated rings. The molecule has 0 saturated carbocycles. The molecule has 0 radical (unpaired) electrons. The molecule has 0 amide bonds. The molecule has 0 spiro atoms. The van der Waals surface area contributed by atoms with E-state index in [1.54, 1.807) is 0 Å². The van der Waals surface area contributed by atoms with E-state index in [0.29, 0.717) is 0 Å². The molecule has 0 bridgehead atoms. The summed E-state index contributed by atoms with van der Waals surface area (Å²) in [7, 11) is 0. The summed E-state index contributed by atoms with van der Waals surface area (Å²) in [5.74, 6) is 0. The van der Waals surface area contributed by atoms with E-state index in [1.165, 1.54) is 42.1 Å². The molecule has 1 aromatic carbocycles. The van der Waals surface area contributed by atoms with Gasteiger partial charge >= 0.3 is 0 Å². The van der Waals surface area contributed by atoms with Gasteiger partial charge in [-0.1, -0.05) is 44.0 Å². The predicted octanol–water partition coefficient (Wildman–Crippen LogP) is 4.00. The molecule has 2 aromatic rings. The monoisotopic (exact) mass is 254 g/mol. The van der Waals surface area contributed by atoms with E-state index < -0.39 is 0 Å². The standard InChI is InChI=1S/C17H22N2/c1-2-17(11-4-3-5-13-19-17)15-10-6-8-14-9-7-12-18-16(14)15/h6-10,12,19H,2-5,11,13H2,1H3. The largest absolute Gasteiger partial charge is 0.307 e. The quantitative estimate of drug-likeness (QED) is 0.876. The Balaban J connectivity index is 2.15. The fraction of sp³-hybridized carbons (Fsp3) is 0.471. The Bertz CT molecular complexity index is 549. The lowest BCUT2D eigenvalue weighted by Gasteiger charge is -2.34. The van der Waals surface area contributed by atoms with Crippen LogP contribution in [0.2, 0.25) is 0 Å². The van der Waals surface area contributed by atoms with Gasteiger partial charge in [0.2, 0.25) is 0 Å². The van der Waals surface area contributed by atoms with Crippen LogP contribution in [0, 0.1) is 0 Å². The number of nitrogens with one attached hydrogen (secondary N) is 1. The molecule has 0 aliphatic carbocycles. The topological polar surface area (TPSA) is 24.9 Å². The third-order valence-corrected chi connectivity index (χ3v) is 4.50. The maximum atomic E-state index is 4.64. The van der Waals surface area contributed by atoms with Crippen molar-refractivity contribution in [2.24, 2.45) is 0 Å². The fourth-order valence-corrected chi connectivity index (χ4v) is 3.36. The first-order chi connectivity index (χ1) is 9.36. The van der Waals surface area contributed by atoms with Crippen LogP contribution in [0.4, 0.5) is 0 Å². The molecule has 2 heterocycles. The fourth-order valence-electron chi connectivity index (χ4n) is 3.36. The summed E-state index contributed by atoms with van der Waals surface area (Å²) in [6.07, 6.45) is 8.20. The van der Waals surface area contributed by atoms with Crippen molar-refractivity contribution >= 4 is 10.9 Å². The second kappa shape index (κ2) is 5.30. The summed E-state index contributed by atoms with van der Waals surface area (Å²) in [6.45, 7) is 3.41. The molecule has 1 aliphatic heterocycles. The minimum Gasteiger partial charge on any atom is -0.307 e. The Morgan fingerprint density at radius 1 is 1.16 bits per heavy atom. The van der Waals surface area contributed by atoms with Crippen molar-refractivity contribution in [2.45, 2.75) is 44.6 Å². The molecular formula is C17H22N2. The van der Waals surface area contributed by atoms with Gasteiger partial charge in [0, 0.05) is 17.1 Å². The zero-order valence-electron chi connectivity index (χ0n) is 11.7. The van der Waals surface area contributed by atoms with Gasteiger partial charge in [0.15, 0.2) is 0 Å². The van der Waals surface area contributed by atoms with Crippen molar-refractivity contribution in [1.82, 2.24) is 10.3 Å². The van der Waals surface area contributed by atoms with Crippen molar-refractivity contribution in [3.63, 3.8) is 0 Å². The highest BCUT2D eigenvalue weighted by atomic mass is 15.0. The highest BCUT2D eigenvalue weighted by Crippen LogP contribution is 2.36. The highest BCUT2D eigenvalue weighted by molar-refractivity contribution is 5.82. The van der Waals surface area contributed by atoms with E-state index in [-0.39, 0.29) is 5.54 Å². The first-order valence-electron chi connectivity index (χ1n) is 7.45. The molecular weight excluding hydrogens is 232 g/mol. The number of nitrogens with zero attached hydrogens (tertiary/aromatic N) is 1. The van der Waals surface area contributed by atoms with Crippen LogP contribution in [0.1, 0.15) is 44.6 Å². The zero-order chi connectivity index (χ0) is 13.1. The minimum absolute atomic E-state index is 0.115. The van der Waals surface area contributed by atoms with Gasteiger partial charge in [0.1, 0.15) is 0 Å². The molecule has 1 unspecified atom stereocenters.